The van der Waals surface area contributed by atoms with Crippen LogP contribution >= 0.6 is 0 Å². The van der Waals surface area contributed by atoms with Gasteiger partial charge in [0, 0.05) is 35.5 Å². The third-order valence-electron chi connectivity index (χ3n) is 4.35. The van der Waals surface area contributed by atoms with Crippen LogP contribution in [0.15, 0.2) is 10.9 Å². The lowest BCUT2D eigenvalue weighted by atomic mass is 9.97. The molecule has 0 unspecified atom stereocenters. The average Bonchev–Trinajstić information content (AvgIpc) is 2.88. The Labute approximate surface area is 128 Å². The summed E-state index contributed by atoms with van der Waals surface area (Å²) < 4.78 is 1.67. The number of carbonyl (C=O) groups is 1. The number of hydrogen-bond donors (Lipinski definition) is 3. The number of nitrogens with one attached hydrogen (secondary N) is 3. The normalized spacial score (nSPS) is 16.1. The topological polar surface area (TPSA) is 91.3 Å². The van der Waals surface area contributed by atoms with Crippen LogP contribution < -0.4 is 16.2 Å². The zero-order valence-corrected chi connectivity index (χ0v) is 12.9. The summed E-state index contributed by atoms with van der Waals surface area (Å²) >= 11 is 0. The van der Waals surface area contributed by atoms with E-state index in [-0.39, 0.29) is 17.4 Å². The van der Waals surface area contributed by atoms with Crippen LogP contribution in [0.2, 0.25) is 0 Å². The van der Waals surface area contributed by atoms with Crippen LogP contribution in [0.4, 0.5) is 0 Å². The molecule has 118 valence electrons. The van der Waals surface area contributed by atoms with Gasteiger partial charge in [0.1, 0.15) is 0 Å². The molecule has 22 heavy (non-hydrogen) atoms. The fourth-order valence-electron chi connectivity index (χ4n) is 3.02. The number of rotatable bonds is 3. The Morgan fingerprint density at radius 2 is 2.14 bits per heavy atom. The van der Waals surface area contributed by atoms with Gasteiger partial charge in [0.05, 0.1) is 0 Å². The van der Waals surface area contributed by atoms with Gasteiger partial charge in [0.25, 0.3) is 5.56 Å². The van der Waals surface area contributed by atoms with Crippen LogP contribution in [-0.2, 0) is 11.3 Å². The van der Waals surface area contributed by atoms with Gasteiger partial charge < -0.3 is 10.6 Å². The minimum absolute atomic E-state index is 0.0879. The van der Waals surface area contributed by atoms with Gasteiger partial charge >= 0.3 is 0 Å². The average molecular weight is 303 g/mol. The Hall–Kier alpha value is -2.15. The third-order valence-corrected chi connectivity index (χ3v) is 4.35. The highest BCUT2D eigenvalue weighted by Crippen LogP contribution is 2.15. The monoisotopic (exact) mass is 303 g/mol. The molecule has 1 saturated heterocycles. The quantitative estimate of drug-likeness (QED) is 0.758. The van der Waals surface area contributed by atoms with Crippen molar-refractivity contribution in [3.8, 4) is 0 Å². The highest BCUT2D eigenvalue weighted by Gasteiger charge is 2.21. The molecular weight excluding hydrogens is 282 g/mol. The highest BCUT2D eigenvalue weighted by molar-refractivity contribution is 5.78. The predicted molar refractivity (Wildman–Crippen MR) is 82.7 cm³/mol. The van der Waals surface area contributed by atoms with E-state index in [9.17, 15) is 9.59 Å². The molecule has 0 atom stereocenters. The molecule has 1 fully saturated rings. The van der Waals surface area contributed by atoms with Crippen molar-refractivity contribution >= 4 is 11.6 Å². The van der Waals surface area contributed by atoms with E-state index in [0.29, 0.717) is 12.2 Å². The maximum atomic E-state index is 12.2. The Morgan fingerprint density at radius 3 is 2.86 bits per heavy atom. The van der Waals surface area contributed by atoms with Crippen molar-refractivity contribution in [1.29, 1.82) is 0 Å². The van der Waals surface area contributed by atoms with Gasteiger partial charge in [0.2, 0.25) is 5.91 Å². The molecule has 0 radical (unpaired) electrons. The van der Waals surface area contributed by atoms with E-state index in [1.165, 1.54) is 6.07 Å². The minimum Gasteiger partial charge on any atom is -0.352 e. The molecule has 0 bridgehead atoms. The SMILES string of the molecule is Cc1nc2cc(=O)[nH]n2c(C)c1CNC(=O)C1CCNCC1. The number of aryl methyl sites for hydroxylation is 2. The zero-order chi connectivity index (χ0) is 15.7. The summed E-state index contributed by atoms with van der Waals surface area (Å²) in [5.41, 5.74) is 3.11. The Morgan fingerprint density at radius 1 is 1.41 bits per heavy atom. The van der Waals surface area contributed by atoms with Crippen molar-refractivity contribution in [2.45, 2.75) is 33.2 Å². The van der Waals surface area contributed by atoms with Crippen molar-refractivity contribution in [2.24, 2.45) is 5.92 Å². The fraction of sp³-hybridized carbons (Fsp3) is 0.533. The van der Waals surface area contributed by atoms with Gasteiger partial charge in [0.15, 0.2) is 5.65 Å². The lowest BCUT2D eigenvalue weighted by molar-refractivity contribution is -0.125. The molecule has 0 saturated carbocycles. The van der Waals surface area contributed by atoms with Gasteiger partial charge in [-0.1, -0.05) is 0 Å². The summed E-state index contributed by atoms with van der Waals surface area (Å²) in [4.78, 5) is 28.1. The highest BCUT2D eigenvalue weighted by atomic mass is 16.2. The summed E-state index contributed by atoms with van der Waals surface area (Å²) in [6.07, 6.45) is 1.76. The first kappa shape index (κ1) is 14.8. The van der Waals surface area contributed by atoms with E-state index in [4.69, 9.17) is 0 Å². The molecule has 3 N–H and O–H groups in total. The van der Waals surface area contributed by atoms with Crippen molar-refractivity contribution < 1.29 is 4.79 Å². The van der Waals surface area contributed by atoms with E-state index in [1.54, 1.807) is 4.52 Å². The van der Waals surface area contributed by atoms with Gasteiger partial charge in [-0.15, -0.1) is 0 Å². The van der Waals surface area contributed by atoms with Crippen LogP contribution in [0.5, 0.6) is 0 Å². The van der Waals surface area contributed by atoms with Gasteiger partial charge in [-0.05, 0) is 39.8 Å². The number of aromatic nitrogens is 3. The Balaban J connectivity index is 1.78. The Kier molecular flexibility index (Phi) is 3.98. The molecule has 3 heterocycles. The lowest BCUT2D eigenvalue weighted by Gasteiger charge is -2.22. The van der Waals surface area contributed by atoms with Crippen molar-refractivity contribution in [1.82, 2.24) is 25.2 Å². The number of piperidine rings is 1. The minimum atomic E-state index is -0.175. The summed E-state index contributed by atoms with van der Waals surface area (Å²) in [5.74, 6) is 0.186. The van der Waals surface area contributed by atoms with Crippen molar-refractivity contribution in [3.05, 3.63) is 33.4 Å². The second-order valence-electron chi connectivity index (χ2n) is 5.82. The number of amides is 1. The summed E-state index contributed by atoms with van der Waals surface area (Å²) in [7, 11) is 0. The summed E-state index contributed by atoms with van der Waals surface area (Å²) in [6.45, 7) is 6.05. The first-order valence-corrected chi connectivity index (χ1v) is 7.62. The summed E-state index contributed by atoms with van der Waals surface area (Å²) in [5, 5.41) is 8.99. The Bertz CT molecular complexity index is 755. The molecule has 0 aromatic carbocycles. The maximum absolute atomic E-state index is 12.2. The molecule has 7 heteroatoms. The number of aromatic amines is 1. The number of nitrogens with zero attached hydrogens (tertiary/aromatic N) is 2. The largest absolute Gasteiger partial charge is 0.352 e. The first-order valence-electron chi connectivity index (χ1n) is 7.62. The molecule has 7 nitrogen and oxygen atoms in total. The second-order valence-corrected chi connectivity index (χ2v) is 5.82. The molecule has 1 aliphatic rings. The molecule has 2 aromatic rings. The predicted octanol–water partition coefficient (Wildman–Crippen LogP) is 0.255. The molecular formula is C15H21N5O2. The molecule has 0 aliphatic carbocycles. The number of fused-ring (bicyclic) bond motifs is 1. The summed E-state index contributed by atoms with van der Waals surface area (Å²) in [6, 6.07) is 1.47. The number of hydrogen-bond acceptors (Lipinski definition) is 4. The van der Waals surface area contributed by atoms with Crippen molar-refractivity contribution in [3.63, 3.8) is 0 Å². The molecule has 0 spiro atoms. The van der Waals surface area contributed by atoms with Gasteiger partial charge in [-0.25, -0.2) is 9.50 Å². The standard InChI is InChI=1S/C15H21N5O2/c1-9-12(8-17-15(22)11-3-5-16-6-4-11)10(2)20-13(18-9)7-14(21)19-20/h7,11,16H,3-6,8H2,1-2H3,(H,17,22)(H,19,21). The van der Waals surface area contributed by atoms with Gasteiger partial charge in [-0.3, -0.25) is 14.7 Å². The molecule has 2 aromatic heterocycles. The number of carbonyl (C=O) groups excluding carboxylic acids is 1. The smallest absolute Gasteiger partial charge is 0.266 e. The third kappa shape index (κ3) is 2.76. The number of H-pyrrole nitrogens is 1. The lowest BCUT2D eigenvalue weighted by Crippen LogP contribution is -2.38. The van der Waals surface area contributed by atoms with Crippen LogP contribution in [0, 0.1) is 19.8 Å². The maximum Gasteiger partial charge on any atom is 0.266 e. The fourth-order valence-corrected chi connectivity index (χ4v) is 3.02. The van der Waals surface area contributed by atoms with E-state index in [0.717, 1.165) is 42.9 Å². The molecule has 1 aliphatic heterocycles. The van der Waals surface area contributed by atoms with E-state index < -0.39 is 0 Å². The van der Waals surface area contributed by atoms with Gasteiger partial charge in [-0.2, -0.15) is 0 Å². The zero-order valence-electron chi connectivity index (χ0n) is 12.9. The van der Waals surface area contributed by atoms with Crippen LogP contribution in [0.3, 0.4) is 0 Å². The van der Waals surface area contributed by atoms with Crippen molar-refractivity contribution in [2.75, 3.05) is 13.1 Å². The van der Waals surface area contributed by atoms with Crippen LogP contribution in [0.25, 0.3) is 5.65 Å². The van der Waals surface area contributed by atoms with E-state index in [1.807, 2.05) is 13.8 Å². The van der Waals surface area contributed by atoms with E-state index in [2.05, 4.69) is 20.7 Å². The van der Waals surface area contributed by atoms with Crippen LogP contribution in [0.1, 0.15) is 29.8 Å². The molecule has 3 rings (SSSR count). The first-order chi connectivity index (χ1) is 10.6. The molecule has 1 amide bonds. The van der Waals surface area contributed by atoms with E-state index >= 15 is 0 Å². The van der Waals surface area contributed by atoms with Crippen LogP contribution in [-0.4, -0.2) is 33.6 Å². The second kappa shape index (κ2) is 5.92.